The molecule has 0 aliphatic heterocycles. The lowest BCUT2D eigenvalue weighted by Gasteiger charge is -2.65. The van der Waals surface area contributed by atoms with E-state index in [0.717, 1.165) is 11.5 Å². The molecule has 130 valence electrons. The smallest absolute Gasteiger partial charge is 0.251 e. The second-order valence-corrected chi connectivity index (χ2v) is 10.1. The number of benzene rings is 1. The van der Waals surface area contributed by atoms with Crippen LogP contribution in [-0.4, -0.2) is 11.4 Å². The first-order valence-corrected chi connectivity index (χ1v) is 9.63. The molecule has 1 N–H and O–H groups in total. The molecule has 2 heteroatoms. The van der Waals surface area contributed by atoms with Gasteiger partial charge < -0.3 is 5.32 Å². The number of rotatable bonds is 3. The molecule has 0 radical (unpaired) electrons. The van der Waals surface area contributed by atoms with Gasteiger partial charge in [-0.1, -0.05) is 39.8 Å². The zero-order valence-electron chi connectivity index (χ0n) is 15.6. The van der Waals surface area contributed by atoms with Crippen molar-refractivity contribution in [3.63, 3.8) is 0 Å². The van der Waals surface area contributed by atoms with Crippen molar-refractivity contribution in [1.82, 2.24) is 5.32 Å². The van der Waals surface area contributed by atoms with E-state index in [9.17, 15) is 4.79 Å². The molecule has 2 nitrogen and oxygen atoms in total. The lowest BCUT2D eigenvalue weighted by atomic mass is 9.43. The van der Waals surface area contributed by atoms with Gasteiger partial charge in [0.05, 0.1) is 0 Å². The van der Waals surface area contributed by atoms with Crippen LogP contribution in [0.15, 0.2) is 24.3 Å². The van der Waals surface area contributed by atoms with Crippen molar-refractivity contribution in [1.29, 1.82) is 0 Å². The van der Waals surface area contributed by atoms with Crippen molar-refractivity contribution in [2.24, 2.45) is 16.7 Å². The molecule has 4 fully saturated rings. The van der Waals surface area contributed by atoms with Crippen LogP contribution in [0.1, 0.15) is 88.1 Å². The summed E-state index contributed by atoms with van der Waals surface area (Å²) in [5.41, 5.74) is 3.01. The van der Waals surface area contributed by atoms with Crippen LogP contribution in [-0.2, 0) is 0 Å². The molecule has 5 rings (SSSR count). The molecule has 0 heterocycles. The Labute approximate surface area is 146 Å². The zero-order valence-corrected chi connectivity index (χ0v) is 15.6. The average Bonchev–Trinajstić information content (AvgIpc) is 2.42. The van der Waals surface area contributed by atoms with Crippen molar-refractivity contribution in [3.05, 3.63) is 35.4 Å². The van der Waals surface area contributed by atoms with Crippen molar-refractivity contribution in [3.8, 4) is 0 Å². The van der Waals surface area contributed by atoms with Crippen molar-refractivity contribution >= 4 is 5.91 Å². The van der Waals surface area contributed by atoms with E-state index >= 15 is 0 Å². The van der Waals surface area contributed by atoms with Crippen LogP contribution < -0.4 is 5.32 Å². The van der Waals surface area contributed by atoms with E-state index in [0.29, 0.717) is 16.7 Å². The molecule has 4 saturated carbocycles. The summed E-state index contributed by atoms with van der Waals surface area (Å²) >= 11 is 0. The molecule has 1 aromatic carbocycles. The Hall–Kier alpha value is -1.31. The highest BCUT2D eigenvalue weighted by Gasteiger charge is 2.60. The fourth-order valence-corrected chi connectivity index (χ4v) is 6.92. The molecular formula is C22H31NO. The van der Waals surface area contributed by atoms with E-state index in [4.69, 9.17) is 0 Å². The van der Waals surface area contributed by atoms with Gasteiger partial charge in [-0.15, -0.1) is 0 Å². The molecule has 0 unspecified atom stereocenters. The number of amides is 1. The Morgan fingerprint density at radius 1 is 1.00 bits per heavy atom. The monoisotopic (exact) mass is 325 g/mol. The SMILES string of the molecule is CC(C)c1ccc(C(=O)N[C@]23C[C@@H]4C[C@@](C)(C[C@@](C)(C4)C2)C3)cc1. The molecule has 0 aromatic heterocycles. The maximum atomic E-state index is 12.9. The van der Waals surface area contributed by atoms with E-state index < -0.39 is 0 Å². The van der Waals surface area contributed by atoms with Gasteiger partial charge in [0.2, 0.25) is 0 Å². The number of carbonyl (C=O) groups is 1. The van der Waals surface area contributed by atoms with Gasteiger partial charge in [-0.2, -0.15) is 0 Å². The highest BCUT2D eigenvalue weighted by atomic mass is 16.1. The maximum Gasteiger partial charge on any atom is 0.251 e. The normalized spacial score (nSPS) is 40.1. The lowest BCUT2D eigenvalue weighted by Crippen LogP contribution is -2.65. The predicted octanol–water partition coefficient (Wildman–Crippen LogP) is 5.29. The van der Waals surface area contributed by atoms with Crippen LogP contribution in [0.2, 0.25) is 0 Å². The minimum Gasteiger partial charge on any atom is -0.347 e. The molecule has 0 saturated heterocycles. The molecule has 24 heavy (non-hydrogen) atoms. The molecule has 0 spiro atoms. The quantitative estimate of drug-likeness (QED) is 0.804. The first-order valence-electron chi connectivity index (χ1n) is 9.63. The Bertz CT molecular complexity index is 641. The number of carbonyl (C=O) groups excluding carboxylic acids is 1. The lowest BCUT2D eigenvalue weighted by molar-refractivity contribution is -0.114. The highest BCUT2D eigenvalue weighted by Crippen LogP contribution is 2.66. The Balaban J connectivity index is 1.55. The highest BCUT2D eigenvalue weighted by molar-refractivity contribution is 5.94. The fraction of sp³-hybridized carbons (Fsp3) is 0.682. The van der Waals surface area contributed by atoms with E-state index in [2.05, 4.69) is 45.1 Å². The molecule has 4 aliphatic carbocycles. The summed E-state index contributed by atoms with van der Waals surface area (Å²) in [6.45, 7) is 9.28. The average molecular weight is 325 g/mol. The number of nitrogens with one attached hydrogen (secondary N) is 1. The van der Waals surface area contributed by atoms with Crippen LogP contribution in [0.5, 0.6) is 0 Å². The number of hydrogen-bond donors (Lipinski definition) is 1. The van der Waals surface area contributed by atoms with Gasteiger partial charge in [0, 0.05) is 11.1 Å². The van der Waals surface area contributed by atoms with Crippen molar-refractivity contribution in [2.45, 2.75) is 77.7 Å². The molecule has 1 amide bonds. The maximum absolute atomic E-state index is 12.9. The van der Waals surface area contributed by atoms with Gasteiger partial charge in [-0.05, 0) is 78.9 Å². The van der Waals surface area contributed by atoms with Crippen LogP contribution in [0.25, 0.3) is 0 Å². The van der Waals surface area contributed by atoms with E-state index in [-0.39, 0.29) is 11.4 Å². The summed E-state index contributed by atoms with van der Waals surface area (Å²) in [6, 6.07) is 8.19. The van der Waals surface area contributed by atoms with E-state index in [1.54, 1.807) is 0 Å². The Morgan fingerprint density at radius 2 is 1.58 bits per heavy atom. The van der Waals surface area contributed by atoms with Gasteiger partial charge >= 0.3 is 0 Å². The van der Waals surface area contributed by atoms with E-state index in [1.807, 2.05) is 12.1 Å². The van der Waals surface area contributed by atoms with Crippen LogP contribution >= 0.6 is 0 Å². The second-order valence-electron chi connectivity index (χ2n) is 10.1. The van der Waals surface area contributed by atoms with Crippen molar-refractivity contribution in [2.75, 3.05) is 0 Å². The Kier molecular flexibility index (Phi) is 3.43. The molecule has 4 bridgehead atoms. The Morgan fingerprint density at radius 3 is 2.08 bits per heavy atom. The minimum absolute atomic E-state index is 0.0384. The summed E-state index contributed by atoms with van der Waals surface area (Å²) in [4.78, 5) is 12.9. The second kappa shape index (κ2) is 5.09. The molecule has 1 aromatic rings. The topological polar surface area (TPSA) is 29.1 Å². The largest absolute Gasteiger partial charge is 0.347 e. The summed E-state index contributed by atoms with van der Waals surface area (Å²) in [7, 11) is 0. The molecule has 4 atom stereocenters. The van der Waals surface area contributed by atoms with Gasteiger partial charge in [-0.3, -0.25) is 4.79 Å². The van der Waals surface area contributed by atoms with Crippen LogP contribution in [0, 0.1) is 16.7 Å². The van der Waals surface area contributed by atoms with Gasteiger partial charge in [-0.25, -0.2) is 0 Å². The first kappa shape index (κ1) is 16.2. The van der Waals surface area contributed by atoms with Crippen LogP contribution in [0.3, 0.4) is 0 Å². The summed E-state index contributed by atoms with van der Waals surface area (Å²) in [5, 5.41) is 3.50. The predicted molar refractivity (Wildman–Crippen MR) is 98.1 cm³/mol. The standard InChI is InChI=1S/C22H31NO/c1-15(2)17-5-7-18(8-6-17)19(24)23-22-11-16-9-20(3,13-22)12-21(4,10-16)14-22/h5-8,15-16H,9-14H2,1-4H3,(H,23,24)/t16-,20+,21-,22+. The fourth-order valence-electron chi connectivity index (χ4n) is 6.92. The van der Waals surface area contributed by atoms with Gasteiger partial charge in [0.15, 0.2) is 0 Å². The van der Waals surface area contributed by atoms with E-state index in [1.165, 1.54) is 44.1 Å². The third-order valence-corrected chi connectivity index (χ3v) is 6.84. The molecule has 4 aliphatic rings. The minimum atomic E-state index is 0.0384. The first-order chi connectivity index (χ1) is 11.2. The summed E-state index contributed by atoms with van der Waals surface area (Å²) in [6.07, 6.45) is 7.60. The van der Waals surface area contributed by atoms with Gasteiger partial charge in [0.25, 0.3) is 5.91 Å². The number of hydrogen-bond acceptors (Lipinski definition) is 1. The summed E-state index contributed by atoms with van der Waals surface area (Å²) < 4.78 is 0. The van der Waals surface area contributed by atoms with Gasteiger partial charge in [0.1, 0.15) is 0 Å². The molecular weight excluding hydrogens is 294 g/mol. The zero-order chi connectivity index (χ0) is 17.2. The van der Waals surface area contributed by atoms with Crippen molar-refractivity contribution < 1.29 is 4.79 Å². The van der Waals surface area contributed by atoms with Crippen LogP contribution in [0.4, 0.5) is 0 Å². The third-order valence-electron chi connectivity index (χ3n) is 6.84. The summed E-state index contributed by atoms with van der Waals surface area (Å²) in [5.74, 6) is 1.43. The third kappa shape index (κ3) is 2.68.